The van der Waals surface area contributed by atoms with Crippen LogP contribution < -0.4 is 4.74 Å². The number of aromatic hydroxyl groups is 1. The van der Waals surface area contributed by atoms with E-state index in [2.05, 4.69) is 27.7 Å². The SMILES string of the molecule is CCCc1c(OCCCSc2ccc(-n3nnnc3C)cc2)ccc(C(C)=O)c1O. The van der Waals surface area contributed by atoms with E-state index >= 15 is 0 Å². The quantitative estimate of drug-likeness (QED) is 0.292. The lowest BCUT2D eigenvalue weighted by atomic mass is 10.0. The Morgan fingerprint density at radius 3 is 2.60 bits per heavy atom. The number of hydrogen-bond acceptors (Lipinski definition) is 7. The van der Waals surface area contributed by atoms with Gasteiger partial charge in [-0.05, 0) is 73.5 Å². The van der Waals surface area contributed by atoms with Gasteiger partial charge in [-0.3, -0.25) is 4.79 Å². The molecule has 0 fully saturated rings. The maximum Gasteiger partial charge on any atom is 0.163 e. The van der Waals surface area contributed by atoms with Crippen LogP contribution in [-0.4, -0.2) is 43.5 Å². The van der Waals surface area contributed by atoms with E-state index in [-0.39, 0.29) is 11.5 Å². The lowest BCUT2D eigenvalue weighted by Gasteiger charge is -2.14. The Bertz CT molecular complexity index is 1000. The van der Waals surface area contributed by atoms with Crippen LogP contribution in [-0.2, 0) is 6.42 Å². The molecular weight excluding hydrogens is 400 g/mol. The van der Waals surface area contributed by atoms with Gasteiger partial charge in [0.15, 0.2) is 11.6 Å². The molecule has 158 valence electrons. The number of nitrogens with zero attached hydrogens (tertiary/aromatic N) is 4. The van der Waals surface area contributed by atoms with Crippen molar-refractivity contribution >= 4 is 17.5 Å². The van der Waals surface area contributed by atoms with Gasteiger partial charge in [-0.2, -0.15) is 4.68 Å². The Morgan fingerprint density at radius 1 is 1.20 bits per heavy atom. The Labute approximate surface area is 180 Å². The number of ether oxygens (including phenoxy) is 1. The zero-order chi connectivity index (χ0) is 21.5. The minimum atomic E-state index is -0.144. The summed E-state index contributed by atoms with van der Waals surface area (Å²) >= 11 is 1.75. The van der Waals surface area contributed by atoms with Gasteiger partial charge in [0.1, 0.15) is 11.5 Å². The van der Waals surface area contributed by atoms with E-state index in [0.29, 0.717) is 29.9 Å². The van der Waals surface area contributed by atoms with Crippen LogP contribution in [0.2, 0.25) is 0 Å². The first-order valence-corrected chi connectivity index (χ1v) is 11.0. The molecule has 1 aromatic heterocycles. The minimum absolute atomic E-state index is 0.0501. The number of carbonyl (C=O) groups excluding carboxylic acids is 1. The van der Waals surface area contributed by atoms with Crippen molar-refractivity contribution in [2.75, 3.05) is 12.4 Å². The first-order valence-electron chi connectivity index (χ1n) is 9.98. The molecule has 0 bridgehead atoms. The summed E-state index contributed by atoms with van der Waals surface area (Å²) in [5, 5.41) is 21.9. The summed E-state index contributed by atoms with van der Waals surface area (Å²) in [5.41, 5.74) is 2.00. The highest BCUT2D eigenvalue weighted by molar-refractivity contribution is 7.99. The van der Waals surface area contributed by atoms with Crippen LogP contribution in [0.5, 0.6) is 11.5 Å². The fourth-order valence-corrected chi connectivity index (χ4v) is 3.94. The van der Waals surface area contributed by atoms with Gasteiger partial charge >= 0.3 is 0 Å². The first-order chi connectivity index (χ1) is 14.5. The number of rotatable bonds is 10. The van der Waals surface area contributed by atoms with E-state index in [1.165, 1.54) is 11.8 Å². The van der Waals surface area contributed by atoms with E-state index in [0.717, 1.165) is 30.1 Å². The number of Topliss-reactive ketones (excluding diaryl/α,β-unsaturated/α-hetero) is 1. The van der Waals surface area contributed by atoms with Crippen molar-refractivity contribution in [3.63, 3.8) is 0 Å². The van der Waals surface area contributed by atoms with Crippen LogP contribution >= 0.6 is 11.8 Å². The molecule has 1 N–H and O–H groups in total. The number of carbonyl (C=O) groups is 1. The fourth-order valence-electron chi connectivity index (χ4n) is 3.11. The van der Waals surface area contributed by atoms with Crippen molar-refractivity contribution in [1.29, 1.82) is 0 Å². The lowest BCUT2D eigenvalue weighted by Crippen LogP contribution is -2.04. The summed E-state index contributed by atoms with van der Waals surface area (Å²) in [4.78, 5) is 12.8. The Morgan fingerprint density at radius 2 is 1.97 bits per heavy atom. The molecule has 7 nitrogen and oxygen atoms in total. The van der Waals surface area contributed by atoms with Crippen molar-refractivity contribution in [1.82, 2.24) is 20.2 Å². The molecule has 3 rings (SSSR count). The molecule has 0 saturated carbocycles. The fraction of sp³-hybridized carbons (Fsp3) is 0.364. The lowest BCUT2D eigenvalue weighted by molar-refractivity contribution is 0.101. The largest absolute Gasteiger partial charge is 0.507 e. The van der Waals surface area contributed by atoms with Gasteiger partial charge in [0.05, 0.1) is 17.9 Å². The van der Waals surface area contributed by atoms with Crippen LogP contribution in [0.3, 0.4) is 0 Å². The highest BCUT2D eigenvalue weighted by Gasteiger charge is 2.15. The van der Waals surface area contributed by atoms with Crippen molar-refractivity contribution < 1.29 is 14.6 Å². The molecule has 0 unspecified atom stereocenters. The smallest absolute Gasteiger partial charge is 0.163 e. The van der Waals surface area contributed by atoms with Gasteiger partial charge < -0.3 is 9.84 Å². The number of phenols is 1. The van der Waals surface area contributed by atoms with Crippen LogP contribution in [0.1, 0.15) is 48.4 Å². The van der Waals surface area contributed by atoms with E-state index < -0.39 is 0 Å². The van der Waals surface area contributed by atoms with Crippen molar-refractivity contribution in [3.8, 4) is 17.2 Å². The monoisotopic (exact) mass is 426 g/mol. The minimum Gasteiger partial charge on any atom is -0.507 e. The first kappa shape index (κ1) is 21.8. The molecule has 8 heteroatoms. The van der Waals surface area contributed by atoms with Crippen LogP contribution in [0, 0.1) is 6.92 Å². The highest BCUT2D eigenvalue weighted by atomic mass is 32.2. The van der Waals surface area contributed by atoms with E-state index in [1.54, 1.807) is 28.6 Å². The molecule has 0 aliphatic rings. The average molecular weight is 427 g/mol. The second-order valence-corrected chi connectivity index (χ2v) is 8.10. The molecule has 0 atom stereocenters. The van der Waals surface area contributed by atoms with Crippen LogP contribution in [0.15, 0.2) is 41.3 Å². The standard InChI is InChI=1S/C22H26N4O3S/c1-4-6-20-21(12-11-19(15(2)27)22(20)28)29-13-5-14-30-18-9-7-17(8-10-18)26-16(3)23-24-25-26/h7-12,28H,4-6,13-14H2,1-3H3. The predicted octanol–water partition coefficient (Wildman–Crippen LogP) is 4.39. The Hall–Kier alpha value is -2.87. The normalized spacial score (nSPS) is 10.9. The number of ketones is 1. The summed E-state index contributed by atoms with van der Waals surface area (Å²) in [6.07, 6.45) is 2.39. The van der Waals surface area contributed by atoms with Gasteiger partial charge in [0.2, 0.25) is 0 Å². The molecule has 3 aromatic rings. The number of thioether (sulfide) groups is 1. The van der Waals surface area contributed by atoms with E-state index in [1.807, 2.05) is 26.0 Å². The second-order valence-electron chi connectivity index (χ2n) is 6.93. The maximum atomic E-state index is 11.7. The van der Waals surface area contributed by atoms with Gasteiger partial charge in [0.25, 0.3) is 0 Å². The number of aromatic nitrogens is 4. The van der Waals surface area contributed by atoms with Crippen molar-refractivity contribution in [3.05, 3.63) is 53.3 Å². The molecule has 0 saturated heterocycles. The topological polar surface area (TPSA) is 90.1 Å². The number of phenolic OH excluding ortho intramolecular Hbond substituents is 1. The zero-order valence-corrected chi connectivity index (χ0v) is 18.3. The highest BCUT2D eigenvalue weighted by Crippen LogP contribution is 2.33. The van der Waals surface area contributed by atoms with Crippen molar-refractivity contribution in [2.24, 2.45) is 0 Å². The summed E-state index contributed by atoms with van der Waals surface area (Å²) in [7, 11) is 0. The van der Waals surface area contributed by atoms with Crippen molar-refractivity contribution in [2.45, 2.75) is 44.9 Å². The number of aryl methyl sites for hydroxylation is 1. The molecule has 0 radical (unpaired) electrons. The van der Waals surface area contributed by atoms with Gasteiger partial charge in [-0.15, -0.1) is 16.9 Å². The Balaban J connectivity index is 1.51. The summed E-state index contributed by atoms with van der Waals surface area (Å²) < 4.78 is 7.61. The average Bonchev–Trinajstić information content (AvgIpc) is 3.16. The van der Waals surface area contributed by atoms with Gasteiger partial charge in [0, 0.05) is 16.2 Å². The molecule has 2 aromatic carbocycles. The predicted molar refractivity (Wildman–Crippen MR) is 117 cm³/mol. The zero-order valence-electron chi connectivity index (χ0n) is 17.5. The molecule has 0 spiro atoms. The maximum absolute atomic E-state index is 11.7. The molecule has 0 aliphatic carbocycles. The Kier molecular flexibility index (Phi) is 7.46. The summed E-state index contributed by atoms with van der Waals surface area (Å²) in [6.45, 7) is 5.90. The third-order valence-electron chi connectivity index (χ3n) is 4.64. The van der Waals surface area contributed by atoms with E-state index in [4.69, 9.17) is 4.74 Å². The third kappa shape index (κ3) is 5.18. The molecule has 1 heterocycles. The molecular formula is C22H26N4O3S. The van der Waals surface area contributed by atoms with Crippen LogP contribution in [0.4, 0.5) is 0 Å². The molecule has 30 heavy (non-hydrogen) atoms. The molecule has 0 amide bonds. The van der Waals surface area contributed by atoms with Gasteiger partial charge in [-0.1, -0.05) is 13.3 Å². The summed E-state index contributed by atoms with van der Waals surface area (Å²) in [5.74, 6) is 2.22. The number of hydrogen-bond donors (Lipinski definition) is 1. The van der Waals surface area contributed by atoms with E-state index in [9.17, 15) is 9.90 Å². The second kappa shape index (κ2) is 10.2. The third-order valence-corrected chi connectivity index (χ3v) is 5.74. The number of benzene rings is 2. The summed E-state index contributed by atoms with van der Waals surface area (Å²) in [6, 6.07) is 11.5. The van der Waals surface area contributed by atoms with Crippen LogP contribution in [0.25, 0.3) is 5.69 Å². The van der Waals surface area contributed by atoms with Gasteiger partial charge in [-0.25, -0.2) is 0 Å². The number of tetrazole rings is 1. The molecule has 0 aliphatic heterocycles.